The van der Waals surface area contributed by atoms with Crippen LogP contribution in [0.5, 0.6) is 0 Å². The molecule has 4 nitrogen and oxygen atoms in total. The minimum absolute atomic E-state index is 0.300. The molecule has 0 saturated heterocycles. The summed E-state index contributed by atoms with van der Waals surface area (Å²) in [6.07, 6.45) is 4.63. The maximum absolute atomic E-state index is 9.51. The Bertz CT molecular complexity index is 166. The number of hydrogen-bond acceptors (Lipinski definition) is 4. The van der Waals surface area contributed by atoms with Gasteiger partial charge in [-0.25, -0.2) is 0 Å². The van der Waals surface area contributed by atoms with Crippen LogP contribution in [-0.4, -0.2) is 50.7 Å². The minimum Gasteiger partial charge on any atom is -0.389 e. The third kappa shape index (κ3) is 4.47. The normalized spacial score (nSPS) is 29.0. The minimum atomic E-state index is -0.422. The van der Waals surface area contributed by atoms with E-state index in [0.717, 1.165) is 12.8 Å². The third-order valence-corrected chi connectivity index (χ3v) is 2.98. The van der Waals surface area contributed by atoms with Crippen LogP contribution in [-0.2, 0) is 9.47 Å². The first-order valence-electron chi connectivity index (χ1n) is 5.71. The van der Waals surface area contributed by atoms with Crippen molar-refractivity contribution >= 4 is 0 Å². The van der Waals surface area contributed by atoms with Gasteiger partial charge in [0, 0.05) is 26.8 Å². The van der Waals surface area contributed by atoms with Gasteiger partial charge in [-0.2, -0.15) is 0 Å². The summed E-state index contributed by atoms with van der Waals surface area (Å²) in [5, 5.41) is 12.9. The van der Waals surface area contributed by atoms with Crippen molar-refractivity contribution in [2.45, 2.75) is 43.9 Å². The van der Waals surface area contributed by atoms with E-state index in [9.17, 15) is 5.11 Å². The van der Waals surface area contributed by atoms with Crippen molar-refractivity contribution in [3.63, 3.8) is 0 Å². The molecule has 1 fully saturated rings. The smallest absolute Gasteiger partial charge is 0.0897 e. The summed E-state index contributed by atoms with van der Waals surface area (Å²) in [6, 6.07) is 0.384. The number of nitrogens with one attached hydrogen (secondary N) is 1. The molecule has 90 valence electrons. The quantitative estimate of drug-likeness (QED) is 0.682. The molecule has 0 aromatic heterocycles. The second-order valence-electron chi connectivity index (χ2n) is 4.18. The largest absolute Gasteiger partial charge is 0.389 e. The van der Waals surface area contributed by atoms with Gasteiger partial charge < -0.3 is 19.9 Å². The number of methoxy groups -OCH3 is 2. The van der Waals surface area contributed by atoms with Crippen molar-refractivity contribution in [2.75, 3.05) is 27.4 Å². The molecule has 0 radical (unpaired) electrons. The Balaban J connectivity index is 2.22. The lowest BCUT2D eigenvalue weighted by Gasteiger charge is -2.31. The van der Waals surface area contributed by atoms with Crippen LogP contribution >= 0.6 is 0 Å². The molecule has 1 aliphatic carbocycles. The van der Waals surface area contributed by atoms with E-state index in [1.165, 1.54) is 12.8 Å². The predicted molar refractivity (Wildman–Crippen MR) is 58.9 cm³/mol. The van der Waals surface area contributed by atoms with Gasteiger partial charge in [-0.15, -0.1) is 0 Å². The van der Waals surface area contributed by atoms with Gasteiger partial charge in [0.05, 0.1) is 18.8 Å². The molecule has 0 spiro atoms. The molecule has 1 aliphatic rings. The number of rotatable bonds is 6. The predicted octanol–water partition coefficient (Wildman–Crippen LogP) is 0.541. The Hall–Kier alpha value is -0.160. The van der Waals surface area contributed by atoms with Gasteiger partial charge in [0.15, 0.2) is 0 Å². The molecule has 0 aromatic carbocycles. The Morgan fingerprint density at radius 2 is 2.07 bits per heavy atom. The first kappa shape index (κ1) is 12.9. The summed E-state index contributed by atoms with van der Waals surface area (Å²) in [4.78, 5) is 0. The van der Waals surface area contributed by atoms with Crippen molar-refractivity contribution in [2.24, 2.45) is 0 Å². The standard InChI is InChI=1S/C11H23NO3/c1-14-8-9(13)7-12-10-5-3-4-6-11(10)15-2/h9-13H,3-8H2,1-2H3. The maximum Gasteiger partial charge on any atom is 0.0897 e. The van der Waals surface area contributed by atoms with Crippen LogP contribution in [0.3, 0.4) is 0 Å². The fourth-order valence-corrected chi connectivity index (χ4v) is 2.15. The number of ether oxygens (including phenoxy) is 2. The lowest BCUT2D eigenvalue weighted by Crippen LogP contribution is -2.46. The molecule has 3 unspecified atom stereocenters. The Labute approximate surface area is 92.0 Å². The van der Waals surface area contributed by atoms with Crippen LogP contribution in [0.25, 0.3) is 0 Å². The van der Waals surface area contributed by atoms with Crippen LogP contribution in [0, 0.1) is 0 Å². The summed E-state index contributed by atoms with van der Waals surface area (Å²) in [5.74, 6) is 0. The van der Waals surface area contributed by atoms with Crippen LogP contribution in [0.2, 0.25) is 0 Å². The molecule has 0 aromatic rings. The zero-order valence-corrected chi connectivity index (χ0v) is 9.74. The van der Waals surface area contributed by atoms with Crippen LogP contribution in [0.4, 0.5) is 0 Å². The average molecular weight is 217 g/mol. The van der Waals surface area contributed by atoms with Gasteiger partial charge in [-0.05, 0) is 12.8 Å². The highest BCUT2D eigenvalue weighted by Gasteiger charge is 2.24. The van der Waals surface area contributed by atoms with Gasteiger partial charge in [0.25, 0.3) is 0 Å². The van der Waals surface area contributed by atoms with E-state index < -0.39 is 6.10 Å². The molecule has 0 bridgehead atoms. The molecule has 0 heterocycles. The van der Waals surface area contributed by atoms with Crippen molar-refractivity contribution in [1.82, 2.24) is 5.32 Å². The van der Waals surface area contributed by atoms with Crippen LogP contribution in [0.1, 0.15) is 25.7 Å². The molecule has 2 N–H and O–H groups in total. The zero-order chi connectivity index (χ0) is 11.1. The summed E-state index contributed by atoms with van der Waals surface area (Å²) in [6.45, 7) is 0.968. The van der Waals surface area contributed by atoms with Crippen molar-refractivity contribution in [3.8, 4) is 0 Å². The zero-order valence-electron chi connectivity index (χ0n) is 9.74. The van der Waals surface area contributed by atoms with E-state index in [2.05, 4.69) is 5.32 Å². The van der Waals surface area contributed by atoms with E-state index in [-0.39, 0.29) is 0 Å². The lowest BCUT2D eigenvalue weighted by atomic mass is 9.92. The topological polar surface area (TPSA) is 50.7 Å². The second kappa shape index (κ2) is 7.17. The molecule has 0 amide bonds. The summed E-state index contributed by atoms with van der Waals surface area (Å²) in [5.41, 5.74) is 0. The molecule has 1 saturated carbocycles. The van der Waals surface area contributed by atoms with E-state index in [1.54, 1.807) is 14.2 Å². The molecule has 0 aliphatic heterocycles. The number of aliphatic hydroxyl groups excluding tert-OH is 1. The van der Waals surface area contributed by atoms with Gasteiger partial charge >= 0.3 is 0 Å². The summed E-state index contributed by atoms with van der Waals surface area (Å²) in [7, 11) is 3.36. The third-order valence-electron chi connectivity index (χ3n) is 2.98. The van der Waals surface area contributed by atoms with Crippen molar-refractivity contribution < 1.29 is 14.6 Å². The Morgan fingerprint density at radius 3 is 2.73 bits per heavy atom. The van der Waals surface area contributed by atoms with Crippen LogP contribution in [0.15, 0.2) is 0 Å². The molecule has 15 heavy (non-hydrogen) atoms. The summed E-state index contributed by atoms with van der Waals surface area (Å²) < 4.78 is 10.3. The van der Waals surface area contributed by atoms with Crippen molar-refractivity contribution in [3.05, 3.63) is 0 Å². The van der Waals surface area contributed by atoms with Crippen LogP contribution < -0.4 is 5.32 Å². The van der Waals surface area contributed by atoms with Crippen molar-refractivity contribution in [1.29, 1.82) is 0 Å². The molecule has 3 atom stereocenters. The Kier molecular flexibility index (Phi) is 6.17. The van der Waals surface area contributed by atoms with Gasteiger partial charge in [0.2, 0.25) is 0 Å². The highest BCUT2D eigenvalue weighted by Crippen LogP contribution is 2.20. The van der Waals surface area contributed by atoms with E-state index in [1.807, 2.05) is 0 Å². The van der Waals surface area contributed by atoms with E-state index in [0.29, 0.717) is 25.3 Å². The SMILES string of the molecule is COCC(O)CNC1CCCCC1OC. The van der Waals surface area contributed by atoms with E-state index in [4.69, 9.17) is 9.47 Å². The Morgan fingerprint density at radius 1 is 1.33 bits per heavy atom. The highest BCUT2D eigenvalue weighted by atomic mass is 16.5. The summed E-state index contributed by atoms with van der Waals surface area (Å²) >= 11 is 0. The molecular formula is C11H23NO3. The van der Waals surface area contributed by atoms with Gasteiger partial charge in [-0.3, -0.25) is 0 Å². The average Bonchev–Trinajstić information content (AvgIpc) is 2.27. The number of aliphatic hydroxyl groups is 1. The highest BCUT2D eigenvalue weighted by molar-refractivity contribution is 4.82. The monoisotopic (exact) mass is 217 g/mol. The lowest BCUT2D eigenvalue weighted by molar-refractivity contribution is 0.0264. The molecular weight excluding hydrogens is 194 g/mol. The fraction of sp³-hybridized carbons (Fsp3) is 1.00. The first-order chi connectivity index (χ1) is 7.27. The second-order valence-corrected chi connectivity index (χ2v) is 4.18. The maximum atomic E-state index is 9.51. The molecule has 4 heteroatoms. The van der Waals surface area contributed by atoms with Gasteiger partial charge in [-0.1, -0.05) is 12.8 Å². The molecule has 1 rings (SSSR count). The fourth-order valence-electron chi connectivity index (χ4n) is 2.15. The van der Waals surface area contributed by atoms with Gasteiger partial charge in [0.1, 0.15) is 0 Å². The van der Waals surface area contributed by atoms with E-state index >= 15 is 0 Å². The number of hydrogen-bond donors (Lipinski definition) is 2. The first-order valence-corrected chi connectivity index (χ1v) is 5.71.